The number of ether oxygens (including phenoxy) is 1. The Hall–Kier alpha value is -2.57. The zero-order chi connectivity index (χ0) is 21.9. The third-order valence-corrected chi connectivity index (χ3v) is 7.35. The lowest BCUT2D eigenvalue weighted by molar-refractivity contribution is -0.131. The number of rotatable bonds is 8. The van der Waals surface area contributed by atoms with Crippen LogP contribution in [0.5, 0.6) is 5.75 Å². The molecule has 0 aromatic heterocycles. The third-order valence-electron chi connectivity index (χ3n) is 7.35. The highest BCUT2D eigenvalue weighted by Gasteiger charge is 2.52. The Kier molecular flexibility index (Phi) is 6.21. The van der Waals surface area contributed by atoms with Crippen LogP contribution < -0.4 is 15.4 Å². The quantitative estimate of drug-likeness (QED) is 0.624. The first-order valence-corrected chi connectivity index (χ1v) is 11.5. The Balaban J connectivity index is 1.30. The van der Waals surface area contributed by atoms with Crippen LogP contribution in [0.2, 0.25) is 0 Å². The Labute approximate surface area is 183 Å². The smallest absolute Gasteiger partial charge is 0.325 e. The molecule has 2 saturated carbocycles. The van der Waals surface area contributed by atoms with E-state index in [9.17, 15) is 14.4 Å². The van der Waals surface area contributed by atoms with Crippen LogP contribution in [0.25, 0.3) is 0 Å². The van der Waals surface area contributed by atoms with Crippen LogP contribution in [0, 0.1) is 0 Å². The van der Waals surface area contributed by atoms with Gasteiger partial charge in [0.05, 0.1) is 7.11 Å². The number of amides is 4. The fourth-order valence-electron chi connectivity index (χ4n) is 5.63. The van der Waals surface area contributed by atoms with Crippen molar-refractivity contribution in [3.8, 4) is 5.75 Å². The second-order valence-corrected chi connectivity index (χ2v) is 9.24. The van der Waals surface area contributed by atoms with E-state index < -0.39 is 5.54 Å². The predicted molar refractivity (Wildman–Crippen MR) is 117 cm³/mol. The van der Waals surface area contributed by atoms with Gasteiger partial charge in [-0.05, 0) is 38.2 Å². The molecule has 1 saturated heterocycles. The van der Waals surface area contributed by atoms with Crippen molar-refractivity contribution in [1.29, 1.82) is 0 Å². The van der Waals surface area contributed by atoms with Crippen molar-refractivity contribution in [2.24, 2.45) is 0 Å². The summed E-state index contributed by atoms with van der Waals surface area (Å²) in [5, 5.41) is 6.00. The first-order valence-electron chi connectivity index (χ1n) is 11.5. The highest BCUT2D eigenvalue weighted by Crippen LogP contribution is 2.44. The van der Waals surface area contributed by atoms with E-state index in [1.807, 2.05) is 18.2 Å². The van der Waals surface area contributed by atoms with Crippen LogP contribution in [0.1, 0.15) is 69.8 Å². The van der Waals surface area contributed by atoms with E-state index in [2.05, 4.69) is 16.7 Å². The van der Waals surface area contributed by atoms with E-state index in [4.69, 9.17) is 4.74 Å². The number of methoxy groups -OCH3 is 1. The minimum atomic E-state index is -0.678. The molecule has 1 aromatic carbocycles. The lowest BCUT2D eigenvalue weighted by atomic mass is 9.78. The van der Waals surface area contributed by atoms with Gasteiger partial charge in [-0.2, -0.15) is 0 Å². The Bertz CT molecular complexity index is 841. The lowest BCUT2D eigenvalue weighted by Gasteiger charge is -2.31. The molecule has 31 heavy (non-hydrogen) atoms. The molecular formula is C24H33N3O4. The molecule has 3 aliphatic rings. The number of urea groups is 1. The van der Waals surface area contributed by atoms with E-state index in [0.29, 0.717) is 19.4 Å². The maximum atomic E-state index is 12.7. The topological polar surface area (TPSA) is 87.7 Å². The Morgan fingerprint density at radius 2 is 1.77 bits per heavy atom. The number of imide groups is 1. The Morgan fingerprint density at radius 3 is 2.48 bits per heavy atom. The lowest BCUT2D eigenvalue weighted by Crippen LogP contribution is -2.44. The Morgan fingerprint density at radius 1 is 1.10 bits per heavy atom. The van der Waals surface area contributed by atoms with E-state index in [-0.39, 0.29) is 29.8 Å². The molecule has 7 nitrogen and oxygen atoms in total. The van der Waals surface area contributed by atoms with E-state index in [1.165, 1.54) is 4.90 Å². The first kappa shape index (κ1) is 21.7. The van der Waals surface area contributed by atoms with Gasteiger partial charge < -0.3 is 15.4 Å². The van der Waals surface area contributed by atoms with E-state index in [1.54, 1.807) is 7.11 Å². The summed E-state index contributed by atoms with van der Waals surface area (Å²) in [6.07, 6.45) is 8.49. The number of hydrogen-bond donors (Lipinski definition) is 2. The van der Waals surface area contributed by atoms with Crippen LogP contribution in [0.4, 0.5) is 4.79 Å². The fourth-order valence-corrected chi connectivity index (χ4v) is 5.63. The molecule has 0 bridgehead atoms. The molecule has 2 N–H and O–H groups in total. The zero-order valence-corrected chi connectivity index (χ0v) is 18.4. The zero-order valence-electron chi connectivity index (χ0n) is 18.4. The van der Waals surface area contributed by atoms with Gasteiger partial charge in [-0.1, -0.05) is 43.9 Å². The van der Waals surface area contributed by atoms with Gasteiger partial charge in [0.25, 0.3) is 5.91 Å². The number of nitrogens with one attached hydrogen (secondary N) is 2. The van der Waals surface area contributed by atoms with Crippen molar-refractivity contribution < 1.29 is 19.1 Å². The normalized spacial score (nSPS) is 21.5. The SMILES string of the molecule is COc1ccccc1C1(CNC(=O)CCCN2C(=O)NC3(CCCC3)C2=O)CCCC1. The minimum absolute atomic E-state index is 0.0381. The molecule has 1 aliphatic heterocycles. The molecule has 1 heterocycles. The number of benzene rings is 1. The second-order valence-electron chi connectivity index (χ2n) is 9.24. The third kappa shape index (κ3) is 4.14. The summed E-state index contributed by atoms with van der Waals surface area (Å²) >= 11 is 0. The molecule has 4 amide bonds. The van der Waals surface area contributed by atoms with Crippen LogP contribution in [0.3, 0.4) is 0 Å². The average Bonchev–Trinajstić information content (AvgIpc) is 3.50. The summed E-state index contributed by atoms with van der Waals surface area (Å²) in [6, 6.07) is 7.76. The standard InChI is InChI=1S/C24H33N3O4/c1-31-19-10-3-2-9-18(19)23(12-4-5-13-23)17-25-20(28)11-8-16-27-21(29)24(26-22(27)30)14-6-7-15-24/h2-3,9-10H,4-8,11-17H2,1H3,(H,25,28)(H,26,30). The number of para-hydroxylation sites is 1. The maximum absolute atomic E-state index is 12.7. The first-order chi connectivity index (χ1) is 15.0. The summed E-state index contributed by atoms with van der Waals surface area (Å²) in [4.78, 5) is 38.8. The van der Waals surface area contributed by atoms with E-state index >= 15 is 0 Å². The van der Waals surface area contributed by atoms with Crippen LogP contribution in [0.15, 0.2) is 24.3 Å². The van der Waals surface area contributed by atoms with Crippen molar-refractivity contribution in [2.45, 2.75) is 75.2 Å². The molecule has 7 heteroatoms. The van der Waals surface area contributed by atoms with Crippen molar-refractivity contribution in [1.82, 2.24) is 15.5 Å². The summed E-state index contributed by atoms with van der Waals surface area (Å²) < 4.78 is 5.58. The molecule has 0 atom stereocenters. The van der Waals surface area contributed by atoms with Gasteiger partial charge in [-0.15, -0.1) is 0 Å². The monoisotopic (exact) mass is 427 g/mol. The van der Waals surface area contributed by atoms with Gasteiger partial charge in [-0.25, -0.2) is 4.79 Å². The summed E-state index contributed by atoms with van der Waals surface area (Å²) in [7, 11) is 1.69. The van der Waals surface area contributed by atoms with E-state index in [0.717, 1.165) is 62.7 Å². The molecule has 168 valence electrons. The average molecular weight is 428 g/mol. The maximum Gasteiger partial charge on any atom is 0.325 e. The second kappa shape index (κ2) is 8.89. The predicted octanol–water partition coefficient (Wildman–Crippen LogP) is 3.27. The number of carbonyl (C=O) groups is 3. The van der Waals surface area contributed by atoms with Crippen molar-refractivity contribution in [2.75, 3.05) is 20.2 Å². The van der Waals surface area contributed by atoms with Crippen molar-refractivity contribution in [3.05, 3.63) is 29.8 Å². The van der Waals surface area contributed by atoms with Crippen molar-refractivity contribution >= 4 is 17.8 Å². The highest BCUT2D eigenvalue weighted by atomic mass is 16.5. The minimum Gasteiger partial charge on any atom is -0.496 e. The molecule has 2 aliphatic carbocycles. The van der Waals surface area contributed by atoms with Crippen molar-refractivity contribution in [3.63, 3.8) is 0 Å². The van der Waals surface area contributed by atoms with Gasteiger partial charge in [0.1, 0.15) is 11.3 Å². The van der Waals surface area contributed by atoms with Gasteiger partial charge in [0, 0.05) is 30.5 Å². The summed E-state index contributed by atoms with van der Waals surface area (Å²) in [6.45, 7) is 0.871. The number of hydrogen-bond acceptors (Lipinski definition) is 4. The number of carbonyl (C=O) groups excluding carboxylic acids is 3. The van der Waals surface area contributed by atoms with Crippen LogP contribution in [-0.2, 0) is 15.0 Å². The highest BCUT2D eigenvalue weighted by molar-refractivity contribution is 6.07. The molecule has 0 radical (unpaired) electrons. The largest absolute Gasteiger partial charge is 0.496 e. The summed E-state index contributed by atoms with van der Waals surface area (Å²) in [5.41, 5.74) is 0.390. The number of nitrogens with zero attached hydrogens (tertiary/aromatic N) is 1. The van der Waals surface area contributed by atoms with Gasteiger partial charge in [0.15, 0.2) is 0 Å². The van der Waals surface area contributed by atoms with Gasteiger partial charge in [0.2, 0.25) is 5.91 Å². The molecule has 1 spiro atoms. The van der Waals surface area contributed by atoms with Crippen LogP contribution in [-0.4, -0.2) is 48.5 Å². The van der Waals surface area contributed by atoms with Gasteiger partial charge >= 0.3 is 6.03 Å². The molecule has 0 unspecified atom stereocenters. The fraction of sp³-hybridized carbons (Fsp3) is 0.625. The van der Waals surface area contributed by atoms with Gasteiger partial charge in [-0.3, -0.25) is 14.5 Å². The van der Waals surface area contributed by atoms with Crippen LogP contribution >= 0.6 is 0 Å². The molecular weight excluding hydrogens is 394 g/mol. The molecule has 3 fully saturated rings. The molecule has 1 aromatic rings. The summed E-state index contributed by atoms with van der Waals surface area (Å²) in [5.74, 6) is 0.721. The molecule has 4 rings (SSSR count).